The quantitative estimate of drug-likeness (QED) is 0.813. The fraction of sp³-hybridized carbons (Fsp3) is 0.533. The van der Waals surface area contributed by atoms with E-state index in [2.05, 4.69) is 5.32 Å². The molecule has 4 nitrogen and oxygen atoms in total. The van der Waals surface area contributed by atoms with E-state index < -0.39 is 5.54 Å². The lowest BCUT2D eigenvalue weighted by atomic mass is 9.96. The predicted molar refractivity (Wildman–Crippen MR) is 81.7 cm³/mol. The molecule has 0 heterocycles. The van der Waals surface area contributed by atoms with Crippen LogP contribution in [0.15, 0.2) is 24.3 Å². The molecule has 0 fully saturated rings. The molecule has 0 aliphatic carbocycles. The van der Waals surface area contributed by atoms with Crippen molar-refractivity contribution in [1.82, 2.24) is 5.32 Å². The molecule has 2 atom stereocenters. The van der Waals surface area contributed by atoms with Crippen LogP contribution in [0.25, 0.3) is 0 Å². The molecule has 0 bridgehead atoms. The number of carbonyl (C=O) groups is 1. The first kappa shape index (κ1) is 17.0. The molecule has 0 aromatic heterocycles. The van der Waals surface area contributed by atoms with Gasteiger partial charge in [-0.05, 0) is 31.0 Å². The summed E-state index contributed by atoms with van der Waals surface area (Å²) in [6.45, 7) is 4.13. The molecule has 2 unspecified atom stereocenters. The molecule has 3 N–H and O–H groups in total. The maximum Gasteiger partial charge on any atom is 0.239 e. The lowest BCUT2D eigenvalue weighted by Crippen LogP contribution is -2.52. The third kappa shape index (κ3) is 4.78. The number of rotatable bonds is 7. The fourth-order valence-corrected chi connectivity index (χ4v) is 2.16. The first-order chi connectivity index (χ1) is 9.40. The summed E-state index contributed by atoms with van der Waals surface area (Å²) in [6, 6.07) is 7.37. The van der Waals surface area contributed by atoms with Gasteiger partial charge in [0.25, 0.3) is 0 Å². The predicted octanol–water partition coefficient (Wildman–Crippen LogP) is 2.66. The fourth-order valence-electron chi connectivity index (χ4n) is 2.03. The van der Waals surface area contributed by atoms with Gasteiger partial charge in [0.2, 0.25) is 5.91 Å². The highest BCUT2D eigenvalue weighted by Crippen LogP contribution is 2.19. The van der Waals surface area contributed by atoms with Crippen molar-refractivity contribution in [1.29, 1.82) is 0 Å². The molecule has 0 spiro atoms. The summed E-state index contributed by atoms with van der Waals surface area (Å²) in [6.07, 6.45) is 1.30. The second-order valence-corrected chi connectivity index (χ2v) is 5.59. The van der Waals surface area contributed by atoms with Crippen LogP contribution < -0.4 is 11.1 Å². The molecule has 1 amide bonds. The van der Waals surface area contributed by atoms with Gasteiger partial charge in [-0.15, -0.1) is 0 Å². The number of hydrogen-bond donors (Lipinski definition) is 2. The Morgan fingerprint density at radius 1 is 1.45 bits per heavy atom. The van der Waals surface area contributed by atoms with E-state index in [1.807, 2.05) is 19.1 Å². The lowest BCUT2D eigenvalue weighted by Gasteiger charge is -2.24. The van der Waals surface area contributed by atoms with Gasteiger partial charge in [0.15, 0.2) is 0 Å². The molecule has 1 aromatic rings. The van der Waals surface area contributed by atoms with Crippen molar-refractivity contribution < 1.29 is 9.53 Å². The van der Waals surface area contributed by atoms with Gasteiger partial charge in [0.05, 0.1) is 11.6 Å². The normalized spacial score (nSPS) is 15.4. The monoisotopic (exact) mass is 298 g/mol. The molecule has 0 saturated heterocycles. The van der Waals surface area contributed by atoms with E-state index in [1.54, 1.807) is 26.2 Å². The Morgan fingerprint density at radius 2 is 2.05 bits per heavy atom. The third-order valence-electron chi connectivity index (χ3n) is 3.26. The van der Waals surface area contributed by atoms with Crippen LogP contribution in [0, 0.1) is 0 Å². The Balaban J connectivity index is 2.62. The van der Waals surface area contributed by atoms with Crippen LogP contribution in [-0.2, 0) is 9.53 Å². The second kappa shape index (κ2) is 7.62. The number of carbonyl (C=O) groups excluding carboxylic acids is 1. The number of ether oxygens (including phenoxy) is 1. The summed E-state index contributed by atoms with van der Waals surface area (Å²) >= 11 is 5.85. The van der Waals surface area contributed by atoms with Crippen molar-refractivity contribution in [2.24, 2.45) is 5.73 Å². The van der Waals surface area contributed by atoms with Crippen molar-refractivity contribution in [3.63, 3.8) is 0 Å². The van der Waals surface area contributed by atoms with Gasteiger partial charge in [-0.3, -0.25) is 4.79 Å². The Hall–Kier alpha value is -1.10. The summed E-state index contributed by atoms with van der Waals surface area (Å²) in [5, 5.41) is 3.52. The zero-order valence-corrected chi connectivity index (χ0v) is 13.0. The number of hydrogen-bond acceptors (Lipinski definition) is 3. The van der Waals surface area contributed by atoms with Crippen LogP contribution in [0.4, 0.5) is 0 Å². The van der Waals surface area contributed by atoms with Gasteiger partial charge in [-0.1, -0.05) is 37.1 Å². The number of methoxy groups -OCH3 is 1. The summed E-state index contributed by atoms with van der Waals surface area (Å²) < 4.78 is 5.40. The number of halogens is 1. The molecule has 1 rings (SSSR count). The van der Waals surface area contributed by atoms with Crippen LogP contribution in [0.2, 0.25) is 5.02 Å². The van der Waals surface area contributed by atoms with Gasteiger partial charge in [0.1, 0.15) is 0 Å². The topological polar surface area (TPSA) is 64.4 Å². The summed E-state index contributed by atoms with van der Waals surface area (Å²) in [4.78, 5) is 12.0. The molecule has 112 valence electrons. The van der Waals surface area contributed by atoms with Crippen LogP contribution in [-0.4, -0.2) is 25.1 Å². The molecule has 0 aliphatic heterocycles. The summed E-state index contributed by atoms with van der Waals surface area (Å²) in [5.74, 6) is -0.157. The highest BCUT2D eigenvalue weighted by atomic mass is 35.5. The molecular formula is C15H23ClN2O2. The van der Waals surface area contributed by atoms with Crippen LogP contribution in [0.3, 0.4) is 0 Å². The third-order valence-corrected chi connectivity index (χ3v) is 3.51. The van der Waals surface area contributed by atoms with Gasteiger partial charge in [-0.25, -0.2) is 0 Å². The van der Waals surface area contributed by atoms with Crippen molar-refractivity contribution in [2.75, 3.05) is 13.7 Å². The smallest absolute Gasteiger partial charge is 0.239 e. The molecule has 0 saturated carbocycles. The standard InChI is InChI=1S/C15H23ClN2O2/c1-4-9-15(2,17)14(19)18-10-13(20-3)11-5-7-12(16)8-6-11/h5-8,13H,4,9-10,17H2,1-3H3,(H,18,19). The minimum atomic E-state index is -0.840. The Labute approximate surface area is 125 Å². The maximum absolute atomic E-state index is 12.0. The number of nitrogens with one attached hydrogen (secondary N) is 1. The first-order valence-corrected chi connectivity index (χ1v) is 7.14. The molecule has 20 heavy (non-hydrogen) atoms. The Kier molecular flexibility index (Phi) is 6.46. The van der Waals surface area contributed by atoms with E-state index in [1.165, 1.54) is 0 Å². The lowest BCUT2D eigenvalue weighted by molar-refractivity contribution is -0.126. The van der Waals surface area contributed by atoms with E-state index in [-0.39, 0.29) is 12.0 Å². The van der Waals surface area contributed by atoms with Crippen molar-refractivity contribution >= 4 is 17.5 Å². The SMILES string of the molecule is CCCC(C)(N)C(=O)NCC(OC)c1ccc(Cl)cc1. The molecule has 0 aliphatic rings. The van der Waals surface area contributed by atoms with Gasteiger partial charge < -0.3 is 15.8 Å². The van der Waals surface area contributed by atoms with Crippen molar-refractivity contribution in [2.45, 2.75) is 38.3 Å². The van der Waals surface area contributed by atoms with Gasteiger partial charge in [0, 0.05) is 18.7 Å². The van der Waals surface area contributed by atoms with Crippen LogP contribution >= 0.6 is 11.6 Å². The average molecular weight is 299 g/mol. The van der Waals surface area contributed by atoms with E-state index in [9.17, 15) is 4.79 Å². The van der Waals surface area contributed by atoms with Crippen molar-refractivity contribution in [3.8, 4) is 0 Å². The minimum Gasteiger partial charge on any atom is -0.375 e. The molecule has 0 radical (unpaired) electrons. The number of nitrogens with two attached hydrogens (primary N) is 1. The summed E-state index contributed by atoms with van der Waals surface area (Å²) in [5.41, 5.74) is 6.11. The molecular weight excluding hydrogens is 276 g/mol. The second-order valence-electron chi connectivity index (χ2n) is 5.15. The highest BCUT2D eigenvalue weighted by molar-refractivity contribution is 6.30. The number of benzene rings is 1. The Morgan fingerprint density at radius 3 is 2.55 bits per heavy atom. The van der Waals surface area contributed by atoms with E-state index in [4.69, 9.17) is 22.1 Å². The highest BCUT2D eigenvalue weighted by Gasteiger charge is 2.27. The Bertz CT molecular complexity index is 432. The van der Waals surface area contributed by atoms with Crippen molar-refractivity contribution in [3.05, 3.63) is 34.9 Å². The zero-order chi connectivity index (χ0) is 15.2. The zero-order valence-electron chi connectivity index (χ0n) is 12.3. The largest absolute Gasteiger partial charge is 0.375 e. The van der Waals surface area contributed by atoms with E-state index >= 15 is 0 Å². The van der Waals surface area contributed by atoms with Gasteiger partial charge in [-0.2, -0.15) is 0 Å². The number of amides is 1. The summed E-state index contributed by atoms with van der Waals surface area (Å²) in [7, 11) is 1.61. The minimum absolute atomic E-state index is 0.157. The maximum atomic E-state index is 12.0. The van der Waals surface area contributed by atoms with Gasteiger partial charge >= 0.3 is 0 Å². The van der Waals surface area contributed by atoms with Crippen LogP contribution in [0.5, 0.6) is 0 Å². The van der Waals surface area contributed by atoms with E-state index in [0.717, 1.165) is 12.0 Å². The van der Waals surface area contributed by atoms with E-state index in [0.29, 0.717) is 18.0 Å². The molecule has 1 aromatic carbocycles. The first-order valence-electron chi connectivity index (χ1n) is 6.76. The van der Waals surface area contributed by atoms with Crippen LogP contribution in [0.1, 0.15) is 38.4 Å². The molecule has 5 heteroatoms. The average Bonchev–Trinajstić information content (AvgIpc) is 2.41.